The van der Waals surface area contributed by atoms with Gasteiger partial charge in [0, 0.05) is 13.1 Å². The van der Waals surface area contributed by atoms with Crippen molar-refractivity contribution in [1.29, 1.82) is 0 Å². The molecule has 1 atom stereocenters. The van der Waals surface area contributed by atoms with Crippen LogP contribution >= 0.6 is 11.3 Å². The Balaban J connectivity index is 2.30. The SMILES string of the molecule is CCOc1ccc(N(C)S(=O)(=O)c2ccsc2C(=O)NC(C)CC)cc1. The standard InChI is InChI=1S/C18H24N2O4S2/c1-5-13(3)19-18(21)17-16(11-12-25-17)26(22,23)20(4)14-7-9-15(10-8-14)24-6-2/h7-13H,5-6H2,1-4H3,(H,19,21). The Morgan fingerprint density at radius 3 is 2.46 bits per heavy atom. The predicted octanol–water partition coefficient (Wildman–Crippen LogP) is 3.50. The lowest BCUT2D eigenvalue weighted by molar-refractivity contribution is 0.0940. The Hall–Kier alpha value is -2.06. The molecule has 0 saturated carbocycles. The summed E-state index contributed by atoms with van der Waals surface area (Å²) in [6.07, 6.45) is 0.769. The van der Waals surface area contributed by atoms with Gasteiger partial charge in [-0.25, -0.2) is 8.42 Å². The first-order valence-corrected chi connectivity index (χ1v) is 10.7. The number of ether oxygens (including phenoxy) is 1. The van der Waals surface area contributed by atoms with Crippen molar-refractivity contribution >= 4 is 33.0 Å². The van der Waals surface area contributed by atoms with E-state index in [9.17, 15) is 13.2 Å². The number of rotatable bonds is 8. The number of anilines is 1. The number of nitrogens with one attached hydrogen (secondary N) is 1. The number of benzene rings is 1. The molecule has 1 aromatic heterocycles. The molecule has 1 aromatic carbocycles. The largest absolute Gasteiger partial charge is 0.494 e. The van der Waals surface area contributed by atoms with Gasteiger partial charge >= 0.3 is 0 Å². The highest BCUT2D eigenvalue weighted by molar-refractivity contribution is 7.93. The Kier molecular flexibility index (Phi) is 6.66. The van der Waals surface area contributed by atoms with Gasteiger partial charge in [0.2, 0.25) is 0 Å². The van der Waals surface area contributed by atoms with Crippen LogP contribution in [0, 0.1) is 0 Å². The quantitative estimate of drug-likeness (QED) is 0.741. The molecule has 142 valence electrons. The summed E-state index contributed by atoms with van der Waals surface area (Å²) in [6, 6.07) is 8.23. The molecule has 2 aromatic rings. The van der Waals surface area contributed by atoms with Gasteiger partial charge < -0.3 is 10.1 Å². The lowest BCUT2D eigenvalue weighted by atomic mass is 10.2. The third-order valence-electron chi connectivity index (χ3n) is 3.97. The van der Waals surface area contributed by atoms with Crippen LogP contribution in [-0.2, 0) is 10.0 Å². The van der Waals surface area contributed by atoms with Crippen molar-refractivity contribution in [3.8, 4) is 5.75 Å². The molecule has 1 heterocycles. The van der Waals surface area contributed by atoms with E-state index in [2.05, 4.69) is 5.32 Å². The third kappa shape index (κ3) is 4.37. The van der Waals surface area contributed by atoms with Crippen LogP contribution in [0.25, 0.3) is 0 Å². The second-order valence-electron chi connectivity index (χ2n) is 5.80. The molecule has 6 nitrogen and oxygen atoms in total. The van der Waals surface area contributed by atoms with E-state index < -0.39 is 10.0 Å². The summed E-state index contributed by atoms with van der Waals surface area (Å²) in [5, 5.41) is 4.43. The van der Waals surface area contributed by atoms with E-state index >= 15 is 0 Å². The smallest absolute Gasteiger partial charge is 0.265 e. The van der Waals surface area contributed by atoms with Crippen molar-refractivity contribution in [2.75, 3.05) is 18.0 Å². The summed E-state index contributed by atoms with van der Waals surface area (Å²) in [5.41, 5.74) is 0.493. The molecule has 1 unspecified atom stereocenters. The summed E-state index contributed by atoms with van der Waals surface area (Å²) in [7, 11) is -2.38. The van der Waals surface area contributed by atoms with E-state index in [1.54, 1.807) is 29.6 Å². The zero-order valence-corrected chi connectivity index (χ0v) is 17.0. The monoisotopic (exact) mass is 396 g/mol. The summed E-state index contributed by atoms with van der Waals surface area (Å²) in [5.74, 6) is 0.305. The fourth-order valence-electron chi connectivity index (χ4n) is 2.26. The normalized spacial score (nSPS) is 12.5. The number of sulfonamides is 1. The molecule has 0 aliphatic rings. The maximum atomic E-state index is 13.0. The van der Waals surface area contributed by atoms with Crippen molar-refractivity contribution in [3.63, 3.8) is 0 Å². The zero-order valence-electron chi connectivity index (χ0n) is 15.4. The van der Waals surface area contributed by atoms with Crippen molar-refractivity contribution < 1.29 is 17.9 Å². The summed E-state index contributed by atoms with van der Waals surface area (Å²) < 4.78 is 32.6. The van der Waals surface area contributed by atoms with Crippen LogP contribution in [-0.4, -0.2) is 34.0 Å². The minimum Gasteiger partial charge on any atom is -0.494 e. The van der Waals surface area contributed by atoms with Crippen molar-refractivity contribution in [2.24, 2.45) is 0 Å². The van der Waals surface area contributed by atoms with E-state index in [1.165, 1.54) is 17.4 Å². The molecule has 26 heavy (non-hydrogen) atoms. The van der Waals surface area contributed by atoms with Crippen LogP contribution in [0.3, 0.4) is 0 Å². The number of carbonyl (C=O) groups excluding carboxylic acids is 1. The Morgan fingerprint density at radius 2 is 1.88 bits per heavy atom. The van der Waals surface area contributed by atoms with Gasteiger partial charge in [0.05, 0.1) is 12.3 Å². The van der Waals surface area contributed by atoms with Crippen LogP contribution in [0.5, 0.6) is 5.75 Å². The minimum atomic E-state index is -3.85. The van der Waals surface area contributed by atoms with Crippen LogP contribution in [0.4, 0.5) is 5.69 Å². The number of nitrogens with zero attached hydrogens (tertiary/aromatic N) is 1. The Labute approximate surface area is 158 Å². The molecule has 0 radical (unpaired) electrons. The zero-order chi connectivity index (χ0) is 19.3. The maximum Gasteiger partial charge on any atom is 0.265 e. The number of hydrogen-bond donors (Lipinski definition) is 1. The molecule has 0 aliphatic carbocycles. The number of carbonyl (C=O) groups is 1. The van der Waals surface area contributed by atoms with Gasteiger partial charge in [0.15, 0.2) is 0 Å². The molecule has 2 rings (SSSR count). The number of hydrogen-bond acceptors (Lipinski definition) is 5. The lowest BCUT2D eigenvalue weighted by Gasteiger charge is -2.20. The van der Waals surface area contributed by atoms with E-state index in [1.807, 2.05) is 20.8 Å². The molecular weight excluding hydrogens is 372 g/mol. The van der Waals surface area contributed by atoms with Crippen molar-refractivity contribution in [3.05, 3.63) is 40.6 Å². The lowest BCUT2D eigenvalue weighted by Crippen LogP contribution is -2.33. The topological polar surface area (TPSA) is 75.7 Å². The predicted molar refractivity (Wildman–Crippen MR) is 105 cm³/mol. The third-order valence-corrected chi connectivity index (χ3v) is 6.85. The van der Waals surface area contributed by atoms with Crippen LogP contribution in [0.2, 0.25) is 0 Å². The first-order valence-electron chi connectivity index (χ1n) is 8.41. The highest BCUT2D eigenvalue weighted by atomic mass is 32.2. The van der Waals surface area contributed by atoms with Crippen molar-refractivity contribution in [2.45, 2.75) is 38.1 Å². The highest BCUT2D eigenvalue weighted by Crippen LogP contribution is 2.29. The number of thiophene rings is 1. The van der Waals surface area contributed by atoms with E-state index in [0.717, 1.165) is 17.8 Å². The average Bonchev–Trinajstić information content (AvgIpc) is 3.12. The van der Waals surface area contributed by atoms with E-state index in [4.69, 9.17) is 4.74 Å². The van der Waals surface area contributed by atoms with Crippen molar-refractivity contribution in [1.82, 2.24) is 5.32 Å². The summed E-state index contributed by atoms with van der Waals surface area (Å²) in [6.45, 7) is 6.26. The minimum absolute atomic E-state index is 0.0136. The fraction of sp³-hybridized carbons (Fsp3) is 0.389. The molecule has 0 spiro atoms. The first-order chi connectivity index (χ1) is 12.3. The van der Waals surface area contributed by atoms with Gasteiger partial charge in [-0.05, 0) is 56.0 Å². The molecule has 1 amide bonds. The molecule has 0 bridgehead atoms. The molecule has 8 heteroatoms. The molecular formula is C18H24N2O4S2. The highest BCUT2D eigenvalue weighted by Gasteiger charge is 2.28. The van der Waals surface area contributed by atoms with Crippen LogP contribution in [0.15, 0.2) is 40.6 Å². The fourth-order valence-corrected chi connectivity index (χ4v) is 4.76. The molecule has 1 N–H and O–H groups in total. The van der Waals surface area contributed by atoms with E-state index in [0.29, 0.717) is 18.0 Å². The Bertz CT molecular complexity index is 844. The van der Waals surface area contributed by atoms with Gasteiger partial charge in [-0.2, -0.15) is 0 Å². The molecule has 0 saturated heterocycles. The molecule has 0 fully saturated rings. The summed E-state index contributed by atoms with van der Waals surface area (Å²) >= 11 is 1.12. The van der Waals surface area contributed by atoms with Gasteiger partial charge in [0.25, 0.3) is 15.9 Å². The van der Waals surface area contributed by atoms with E-state index in [-0.39, 0.29) is 21.7 Å². The van der Waals surface area contributed by atoms with Crippen LogP contribution < -0.4 is 14.4 Å². The Morgan fingerprint density at radius 1 is 1.23 bits per heavy atom. The average molecular weight is 397 g/mol. The second-order valence-corrected chi connectivity index (χ2v) is 8.65. The second kappa shape index (κ2) is 8.55. The van der Waals surface area contributed by atoms with Gasteiger partial charge in [-0.1, -0.05) is 6.92 Å². The molecule has 0 aliphatic heterocycles. The summed E-state index contributed by atoms with van der Waals surface area (Å²) in [4.78, 5) is 12.6. The van der Waals surface area contributed by atoms with Gasteiger partial charge in [-0.15, -0.1) is 11.3 Å². The maximum absolute atomic E-state index is 13.0. The van der Waals surface area contributed by atoms with Crippen LogP contribution in [0.1, 0.15) is 36.9 Å². The van der Waals surface area contributed by atoms with Gasteiger partial charge in [0.1, 0.15) is 15.5 Å². The number of amides is 1. The first kappa shape index (κ1) is 20.3. The van der Waals surface area contributed by atoms with Gasteiger partial charge in [-0.3, -0.25) is 9.10 Å².